The molecular formula is C17H15NO3S. The van der Waals surface area contributed by atoms with Gasteiger partial charge in [0.15, 0.2) is 0 Å². The molecule has 0 radical (unpaired) electrons. The summed E-state index contributed by atoms with van der Waals surface area (Å²) in [7, 11) is 0. The third kappa shape index (κ3) is 3.89. The highest BCUT2D eigenvalue weighted by Gasteiger charge is 2.24. The molecule has 0 saturated carbocycles. The molecule has 3 rings (SSSR count). The van der Waals surface area contributed by atoms with E-state index in [0.717, 1.165) is 11.5 Å². The molecule has 22 heavy (non-hydrogen) atoms. The standard InChI is InChI=1S/C17H15NO3S/c19-16(13-7-3-1-4-8-13)18-17-21-15(12-22-17)11-20-14-9-5-2-6-10-14/h1-10,15H,11-12H2. The molecule has 0 aromatic heterocycles. The first-order valence-corrected chi connectivity index (χ1v) is 7.95. The Kier molecular flexibility index (Phi) is 4.75. The van der Waals surface area contributed by atoms with Gasteiger partial charge in [-0.3, -0.25) is 4.79 Å². The molecule has 0 N–H and O–H groups in total. The molecule has 1 unspecified atom stereocenters. The lowest BCUT2D eigenvalue weighted by Crippen LogP contribution is -2.20. The third-order valence-corrected chi connectivity index (χ3v) is 4.03. The van der Waals surface area contributed by atoms with Gasteiger partial charge >= 0.3 is 0 Å². The molecule has 0 aliphatic carbocycles. The van der Waals surface area contributed by atoms with Gasteiger partial charge in [0, 0.05) is 11.3 Å². The maximum Gasteiger partial charge on any atom is 0.280 e. The average Bonchev–Trinajstić information content (AvgIpc) is 3.02. The van der Waals surface area contributed by atoms with E-state index < -0.39 is 0 Å². The number of aliphatic imine (C=N–C) groups is 1. The molecular weight excluding hydrogens is 298 g/mol. The number of amides is 1. The third-order valence-electron chi connectivity index (χ3n) is 3.05. The van der Waals surface area contributed by atoms with E-state index in [2.05, 4.69) is 4.99 Å². The van der Waals surface area contributed by atoms with Gasteiger partial charge in [0.25, 0.3) is 11.1 Å². The fraction of sp³-hybridized carbons (Fsp3) is 0.176. The molecule has 4 nitrogen and oxygen atoms in total. The van der Waals surface area contributed by atoms with Crippen LogP contribution >= 0.6 is 11.8 Å². The quantitative estimate of drug-likeness (QED) is 0.868. The van der Waals surface area contributed by atoms with Crippen LogP contribution in [-0.4, -0.2) is 29.6 Å². The van der Waals surface area contributed by atoms with Gasteiger partial charge < -0.3 is 9.47 Å². The molecule has 2 aromatic carbocycles. The summed E-state index contributed by atoms with van der Waals surface area (Å²) in [6.45, 7) is 0.440. The smallest absolute Gasteiger partial charge is 0.280 e. The van der Waals surface area contributed by atoms with Gasteiger partial charge in [-0.2, -0.15) is 4.99 Å². The summed E-state index contributed by atoms with van der Waals surface area (Å²) in [6, 6.07) is 18.5. The first-order chi connectivity index (χ1) is 10.8. The van der Waals surface area contributed by atoms with Crippen molar-refractivity contribution in [2.75, 3.05) is 12.4 Å². The zero-order valence-corrected chi connectivity index (χ0v) is 12.7. The van der Waals surface area contributed by atoms with Crippen molar-refractivity contribution in [2.45, 2.75) is 6.10 Å². The van der Waals surface area contributed by atoms with Crippen molar-refractivity contribution < 1.29 is 14.3 Å². The molecule has 2 aromatic rings. The summed E-state index contributed by atoms with van der Waals surface area (Å²) in [5.74, 6) is 1.25. The molecule has 1 amide bonds. The second-order valence-corrected chi connectivity index (χ2v) is 5.70. The molecule has 1 aliphatic rings. The normalized spacial score (nSPS) is 18.9. The van der Waals surface area contributed by atoms with Crippen LogP contribution < -0.4 is 4.74 Å². The number of para-hydroxylation sites is 1. The van der Waals surface area contributed by atoms with Crippen LogP contribution in [0.2, 0.25) is 0 Å². The molecule has 0 spiro atoms. The van der Waals surface area contributed by atoms with Gasteiger partial charge in [-0.25, -0.2) is 0 Å². The SMILES string of the molecule is O=C(N=C1OC(COc2ccccc2)CS1)c1ccccc1. The Labute approximate surface area is 133 Å². The minimum Gasteiger partial charge on any atom is -0.490 e. The number of carbonyl (C=O) groups is 1. The Morgan fingerprint density at radius 1 is 1.14 bits per heavy atom. The van der Waals surface area contributed by atoms with Crippen LogP contribution in [0.4, 0.5) is 0 Å². The van der Waals surface area contributed by atoms with Crippen molar-refractivity contribution in [3.05, 3.63) is 66.2 Å². The summed E-state index contributed by atoms with van der Waals surface area (Å²) in [6.07, 6.45) is -0.0903. The van der Waals surface area contributed by atoms with Crippen molar-refractivity contribution in [1.29, 1.82) is 0 Å². The monoisotopic (exact) mass is 313 g/mol. The molecule has 1 fully saturated rings. The first kappa shape index (κ1) is 14.7. The zero-order valence-electron chi connectivity index (χ0n) is 11.8. The van der Waals surface area contributed by atoms with E-state index in [1.165, 1.54) is 11.8 Å². The second kappa shape index (κ2) is 7.13. The first-order valence-electron chi connectivity index (χ1n) is 6.96. The number of thioether (sulfide) groups is 1. The fourth-order valence-corrected chi connectivity index (χ4v) is 2.79. The predicted molar refractivity (Wildman–Crippen MR) is 87.5 cm³/mol. The highest BCUT2D eigenvalue weighted by Crippen LogP contribution is 2.22. The molecule has 1 saturated heterocycles. The molecule has 112 valence electrons. The largest absolute Gasteiger partial charge is 0.490 e. The Hall–Kier alpha value is -2.27. The lowest BCUT2D eigenvalue weighted by Gasteiger charge is -2.10. The van der Waals surface area contributed by atoms with Crippen LogP contribution in [0.25, 0.3) is 0 Å². The average molecular weight is 313 g/mol. The topological polar surface area (TPSA) is 47.9 Å². The summed E-state index contributed by atoms with van der Waals surface area (Å²) < 4.78 is 11.3. The molecule has 1 aliphatic heterocycles. The number of benzene rings is 2. The van der Waals surface area contributed by atoms with Gasteiger partial charge in [-0.1, -0.05) is 48.2 Å². The van der Waals surface area contributed by atoms with E-state index >= 15 is 0 Å². The van der Waals surface area contributed by atoms with Crippen LogP contribution in [0.3, 0.4) is 0 Å². The van der Waals surface area contributed by atoms with E-state index in [9.17, 15) is 4.79 Å². The zero-order chi connectivity index (χ0) is 15.2. The Morgan fingerprint density at radius 3 is 2.55 bits per heavy atom. The Morgan fingerprint density at radius 2 is 1.82 bits per heavy atom. The van der Waals surface area contributed by atoms with Crippen molar-refractivity contribution in [2.24, 2.45) is 4.99 Å². The number of hydrogen-bond acceptors (Lipinski definition) is 4. The van der Waals surface area contributed by atoms with E-state index in [-0.39, 0.29) is 12.0 Å². The van der Waals surface area contributed by atoms with Gasteiger partial charge in [0.2, 0.25) is 0 Å². The fourth-order valence-electron chi connectivity index (χ4n) is 1.95. The van der Waals surface area contributed by atoms with Crippen molar-refractivity contribution in [3.63, 3.8) is 0 Å². The minimum atomic E-state index is -0.285. The van der Waals surface area contributed by atoms with Crippen molar-refractivity contribution in [3.8, 4) is 5.75 Å². The predicted octanol–water partition coefficient (Wildman–Crippen LogP) is 3.39. The van der Waals surface area contributed by atoms with Gasteiger partial charge in [0.1, 0.15) is 18.5 Å². The van der Waals surface area contributed by atoms with Gasteiger partial charge in [-0.05, 0) is 24.3 Å². The van der Waals surface area contributed by atoms with Gasteiger partial charge in [-0.15, -0.1) is 0 Å². The summed E-state index contributed by atoms with van der Waals surface area (Å²) in [4.78, 5) is 16.0. The minimum absolute atomic E-state index is 0.0903. The van der Waals surface area contributed by atoms with E-state index in [1.807, 2.05) is 48.5 Å². The van der Waals surface area contributed by atoms with Crippen molar-refractivity contribution >= 4 is 22.9 Å². The van der Waals surface area contributed by atoms with Crippen molar-refractivity contribution in [1.82, 2.24) is 0 Å². The van der Waals surface area contributed by atoms with E-state index in [1.54, 1.807) is 12.1 Å². The number of rotatable bonds is 4. The molecule has 5 heteroatoms. The lowest BCUT2D eigenvalue weighted by molar-refractivity contribution is 0.0994. The second-order valence-electron chi connectivity index (χ2n) is 4.72. The summed E-state index contributed by atoms with van der Waals surface area (Å²) in [5.41, 5.74) is 0.559. The van der Waals surface area contributed by atoms with E-state index in [0.29, 0.717) is 17.4 Å². The maximum absolute atomic E-state index is 12.0. The van der Waals surface area contributed by atoms with Crippen LogP contribution in [-0.2, 0) is 4.74 Å². The van der Waals surface area contributed by atoms with E-state index in [4.69, 9.17) is 9.47 Å². The van der Waals surface area contributed by atoms with Gasteiger partial charge in [0.05, 0.1) is 0 Å². The lowest BCUT2D eigenvalue weighted by atomic mass is 10.2. The molecule has 1 heterocycles. The maximum atomic E-state index is 12.0. The molecule has 0 bridgehead atoms. The Balaban J connectivity index is 1.54. The summed E-state index contributed by atoms with van der Waals surface area (Å²) in [5, 5.41) is 0.413. The van der Waals surface area contributed by atoms with Crippen LogP contribution in [0.15, 0.2) is 65.7 Å². The highest BCUT2D eigenvalue weighted by molar-refractivity contribution is 8.13. The highest BCUT2D eigenvalue weighted by atomic mass is 32.2. The molecule has 1 atom stereocenters. The summed E-state index contributed by atoms with van der Waals surface area (Å²) >= 11 is 1.44. The number of carbonyl (C=O) groups excluding carboxylic acids is 1. The number of ether oxygens (including phenoxy) is 2. The van der Waals surface area contributed by atoms with Crippen LogP contribution in [0.5, 0.6) is 5.75 Å². The number of nitrogens with zero attached hydrogens (tertiary/aromatic N) is 1. The Bertz CT molecular complexity index is 658. The van der Waals surface area contributed by atoms with Crippen LogP contribution in [0, 0.1) is 0 Å². The number of hydrogen-bond donors (Lipinski definition) is 0. The van der Waals surface area contributed by atoms with Crippen LogP contribution in [0.1, 0.15) is 10.4 Å².